The first-order chi connectivity index (χ1) is 9.03. The molecule has 0 fully saturated rings. The molecule has 112 valence electrons. The fourth-order valence-electron chi connectivity index (χ4n) is 1.35. The zero-order valence-electron chi connectivity index (χ0n) is 9.72. The number of nitrogens with one attached hydrogen (secondary N) is 1. The van der Waals surface area contributed by atoms with Crippen molar-refractivity contribution >= 4 is 5.84 Å². The molecule has 0 aromatic carbocycles. The fraction of sp³-hybridized carbons (Fsp3) is 0.400. The van der Waals surface area contributed by atoms with Crippen LogP contribution >= 0.6 is 0 Å². The normalized spacial score (nSPS) is 12.8. The second kappa shape index (κ2) is 5.65. The summed E-state index contributed by atoms with van der Waals surface area (Å²) in [6.45, 7) is -1.02. The Morgan fingerprint density at radius 2 is 1.80 bits per heavy atom. The monoisotopic (exact) mass is 301 g/mol. The van der Waals surface area contributed by atoms with E-state index in [9.17, 15) is 26.3 Å². The number of amidine groups is 1. The predicted octanol–water partition coefficient (Wildman–Crippen LogP) is 2.38. The van der Waals surface area contributed by atoms with Gasteiger partial charge in [0.25, 0.3) is 0 Å². The lowest BCUT2D eigenvalue weighted by atomic mass is 10.2. The molecule has 1 aromatic rings. The minimum Gasteiger partial charge on any atom is -0.382 e. The van der Waals surface area contributed by atoms with Crippen LogP contribution in [0.2, 0.25) is 0 Å². The lowest BCUT2D eigenvalue weighted by Crippen LogP contribution is -2.44. The first-order valence-electron chi connectivity index (χ1n) is 5.06. The van der Waals surface area contributed by atoms with E-state index in [1.165, 1.54) is 18.3 Å². The molecular formula is C10H9F6N3O. The predicted molar refractivity (Wildman–Crippen MR) is 55.9 cm³/mol. The Kier molecular flexibility index (Phi) is 4.58. The molecule has 0 aliphatic heterocycles. The molecule has 4 nitrogen and oxygen atoms in total. The van der Waals surface area contributed by atoms with E-state index in [-0.39, 0.29) is 11.3 Å². The molecular weight excluding hydrogens is 292 g/mol. The molecule has 0 atom stereocenters. The van der Waals surface area contributed by atoms with Gasteiger partial charge in [-0.15, -0.1) is 0 Å². The lowest BCUT2D eigenvalue weighted by Gasteiger charge is -2.23. The highest BCUT2D eigenvalue weighted by Crippen LogP contribution is 2.36. The molecule has 3 N–H and O–H groups in total. The van der Waals surface area contributed by atoms with E-state index in [2.05, 4.69) is 9.72 Å². The van der Waals surface area contributed by atoms with Gasteiger partial charge in [-0.2, -0.15) is 26.3 Å². The summed E-state index contributed by atoms with van der Waals surface area (Å²) in [6.07, 6.45) is -13.9. The van der Waals surface area contributed by atoms with Gasteiger partial charge in [-0.3, -0.25) is 10.4 Å². The number of alkyl halides is 6. The molecule has 10 heteroatoms. The van der Waals surface area contributed by atoms with Crippen LogP contribution in [0.1, 0.15) is 11.3 Å². The first-order valence-corrected chi connectivity index (χ1v) is 5.06. The van der Waals surface area contributed by atoms with Crippen molar-refractivity contribution < 1.29 is 31.1 Å². The lowest BCUT2D eigenvalue weighted by molar-refractivity contribution is -0.324. The van der Waals surface area contributed by atoms with E-state index in [0.29, 0.717) is 0 Å². The average molecular weight is 301 g/mol. The number of rotatable bonds is 4. The number of hydrogen-bond donors (Lipinski definition) is 2. The van der Waals surface area contributed by atoms with Crippen molar-refractivity contribution in [3.8, 4) is 0 Å². The van der Waals surface area contributed by atoms with E-state index in [4.69, 9.17) is 11.1 Å². The number of pyridine rings is 1. The molecule has 0 amide bonds. The molecule has 0 aliphatic rings. The number of ether oxygens (including phenoxy) is 1. The second-order valence-electron chi connectivity index (χ2n) is 3.70. The standard InChI is InChI=1S/C10H9F6N3O/c11-9(12,13)8(10(14,15)16)20-4-5-2-1-3-19-6(5)7(17)18/h1-3,8H,4H2,(H3,17,18). The molecule has 1 aromatic heterocycles. The summed E-state index contributed by atoms with van der Waals surface area (Å²) >= 11 is 0. The van der Waals surface area contributed by atoms with E-state index in [1.54, 1.807) is 0 Å². The maximum Gasteiger partial charge on any atom is 0.423 e. The molecule has 0 saturated carbocycles. The van der Waals surface area contributed by atoms with Gasteiger partial charge < -0.3 is 10.5 Å². The highest BCUT2D eigenvalue weighted by atomic mass is 19.4. The Morgan fingerprint density at radius 3 is 2.25 bits per heavy atom. The van der Waals surface area contributed by atoms with Gasteiger partial charge in [0.05, 0.1) is 6.61 Å². The number of halogens is 6. The van der Waals surface area contributed by atoms with E-state index >= 15 is 0 Å². The number of nitrogens with zero attached hydrogens (tertiary/aromatic N) is 1. The van der Waals surface area contributed by atoms with Crippen LogP contribution in [-0.4, -0.2) is 29.3 Å². The van der Waals surface area contributed by atoms with Crippen molar-refractivity contribution in [2.24, 2.45) is 5.73 Å². The molecule has 0 aliphatic carbocycles. The molecule has 0 spiro atoms. The molecule has 1 heterocycles. The van der Waals surface area contributed by atoms with Crippen LogP contribution in [0.5, 0.6) is 0 Å². The smallest absolute Gasteiger partial charge is 0.382 e. The zero-order valence-corrected chi connectivity index (χ0v) is 9.72. The highest BCUT2D eigenvalue weighted by Gasteiger charge is 2.58. The summed E-state index contributed by atoms with van der Waals surface area (Å²) < 4.78 is 77.4. The summed E-state index contributed by atoms with van der Waals surface area (Å²) in [7, 11) is 0. The zero-order chi connectivity index (χ0) is 15.6. The minimum atomic E-state index is -5.59. The Morgan fingerprint density at radius 1 is 1.25 bits per heavy atom. The van der Waals surface area contributed by atoms with Crippen LogP contribution in [0, 0.1) is 5.41 Å². The molecule has 0 bridgehead atoms. The minimum absolute atomic E-state index is 0.140. The van der Waals surface area contributed by atoms with Crippen molar-refractivity contribution in [3.63, 3.8) is 0 Å². The molecule has 0 unspecified atom stereocenters. The van der Waals surface area contributed by atoms with Gasteiger partial charge in [-0.25, -0.2) is 0 Å². The van der Waals surface area contributed by atoms with Crippen LogP contribution in [-0.2, 0) is 11.3 Å². The fourth-order valence-corrected chi connectivity index (χ4v) is 1.35. The maximum absolute atomic E-state index is 12.3. The topological polar surface area (TPSA) is 72.0 Å². The molecule has 0 saturated heterocycles. The van der Waals surface area contributed by atoms with E-state index < -0.39 is 30.9 Å². The van der Waals surface area contributed by atoms with Crippen LogP contribution in [0.25, 0.3) is 0 Å². The van der Waals surface area contributed by atoms with Crippen molar-refractivity contribution in [1.82, 2.24) is 4.98 Å². The number of nitrogens with two attached hydrogens (primary N) is 1. The quantitative estimate of drug-likeness (QED) is 0.509. The van der Waals surface area contributed by atoms with Crippen molar-refractivity contribution in [2.75, 3.05) is 0 Å². The van der Waals surface area contributed by atoms with Gasteiger partial charge in [0.1, 0.15) is 11.5 Å². The van der Waals surface area contributed by atoms with Gasteiger partial charge in [-0.05, 0) is 6.07 Å². The van der Waals surface area contributed by atoms with Crippen molar-refractivity contribution in [2.45, 2.75) is 25.1 Å². The van der Waals surface area contributed by atoms with Gasteiger partial charge >= 0.3 is 12.4 Å². The third-order valence-corrected chi connectivity index (χ3v) is 2.15. The van der Waals surface area contributed by atoms with Crippen LogP contribution < -0.4 is 5.73 Å². The Labute approximate surface area is 109 Å². The van der Waals surface area contributed by atoms with E-state index in [1.807, 2.05) is 0 Å². The summed E-state index contributed by atoms with van der Waals surface area (Å²) in [5, 5.41) is 7.12. The first kappa shape index (κ1) is 16.2. The third kappa shape index (κ3) is 4.08. The summed E-state index contributed by atoms with van der Waals surface area (Å²) in [4.78, 5) is 3.59. The maximum atomic E-state index is 12.3. The third-order valence-electron chi connectivity index (χ3n) is 2.15. The largest absolute Gasteiger partial charge is 0.423 e. The van der Waals surface area contributed by atoms with Crippen LogP contribution in [0.3, 0.4) is 0 Å². The van der Waals surface area contributed by atoms with Crippen molar-refractivity contribution in [1.29, 1.82) is 5.41 Å². The summed E-state index contributed by atoms with van der Waals surface area (Å²) in [5.41, 5.74) is 4.75. The van der Waals surface area contributed by atoms with Gasteiger partial charge in [0, 0.05) is 11.8 Å². The van der Waals surface area contributed by atoms with Gasteiger partial charge in [0.15, 0.2) is 0 Å². The SMILES string of the molecule is N=C(N)c1ncccc1COC(C(F)(F)F)C(F)(F)F. The number of hydrogen-bond acceptors (Lipinski definition) is 3. The van der Waals surface area contributed by atoms with Gasteiger partial charge in [0.2, 0.25) is 6.10 Å². The van der Waals surface area contributed by atoms with Crippen LogP contribution in [0.4, 0.5) is 26.3 Å². The second-order valence-corrected chi connectivity index (χ2v) is 3.70. The molecule has 0 radical (unpaired) electrons. The highest BCUT2D eigenvalue weighted by molar-refractivity contribution is 5.94. The van der Waals surface area contributed by atoms with E-state index in [0.717, 1.165) is 0 Å². The Hall–Kier alpha value is -1.84. The van der Waals surface area contributed by atoms with Crippen molar-refractivity contribution in [3.05, 3.63) is 29.6 Å². The summed E-state index contributed by atoms with van der Waals surface area (Å²) in [6, 6.07) is 2.45. The van der Waals surface area contributed by atoms with Crippen LogP contribution in [0.15, 0.2) is 18.3 Å². The molecule has 20 heavy (non-hydrogen) atoms. The molecule has 1 rings (SSSR count). The van der Waals surface area contributed by atoms with Gasteiger partial charge in [-0.1, -0.05) is 6.07 Å². The number of nitrogen functional groups attached to an aromatic ring is 1. The summed E-state index contributed by atoms with van der Waals surface area (Å²) in [5.74, 6) is -0.584. The Bertz CT molecular complexity index is 471. The number of aromatic nitrogens is 1. The Balaban J connectivity index is 2.92. The average Bonchev–Trinajstić information content (AvgIpc) is 2.25.